The summed E-state index contributed by atoms with van der Waals surface area (Å²) in [5.74, 6) is -1.22. The largest absolute Gasteiger partial charge is 0.459 e. The number of H-pyrrole nitrogens is 1. The molecule has 4 rings (SSSR count). The van der Waals surface area contributed by atoms with E-state index in [2.05, 4.69) is 4.98 Å². The Hall–Kier alpha value is -3.41. The van der Waals surface area contributed by atoms with Crippen molar-refractivity contribution >= 4 is 28.4 Å². The van der Waals surface area contributed by atoms with Crippen LogP contribution >= 0.6 is 0 Å². The molecule has 0 fully saturated rings. The van der Waals surface area contributed by atoms with E-state index in [0.717, 1.165) is 16.5 Å². The van der Waals surface area contributed by atoms with Crippen LogP contribution in [-0.4, -0.2) is 34.4 Å². The number of para-hydroxylation sites is 1. The van der Waals surface area contributed by atoms with Crippen LogP contribution in [0.5, 0.6) is 0 Å². The van der Waals surface area contributed by atoms with Crippen LogP contribution < -0.4 is 0 Å². The molecular weight excluding hydrogens is 395 g/mol. The molecule has 0 aliphatic carbocycles. The van der Waals surface area contributed by atoms with Gasteiger partial charge in [-0.2, -0.15) is 0 Å². The van der Waals surface area contributed by atoms with Gasteiger partial charge in [0.1, 0.15) is 5.82 Å². The third kappa shape index (κ3) is 3.85. The first-order chi connectivity index (χ1) is 14.7. The second-order valence-corrected chi connectivity index (χ2v) is 8.74. The van der Waals surface area contributed by atoms with Gasteiger partial charge in [0.2, 0.25) is 0 Å². The zero-order valence-electron chi connectivity index (χ0n) is 18.0. The summed E-state index contributed by atoms with van der Waals surface area (Å²) in [6, 6.07) is 13.3. The fraction of sp³-hybridized carbons (Fsp3) is 0.280. The monoisotopic (exact) mass is 420 g/mol. The number of aromatic amines is 1. The van der Waals surface area contributed by atoms with Crippen LogP contribution in [0.4, 0.5) is 4.39 Å². The fourth-order valence-corrected chi connectivity index (χ4v) is 4.14. The lowest BCUT2D eigenvalue weighted by Crippen LogP contribution is -2.37. The van der Waals surface area contributed by atoms with E-state index < -0.39 is 17.2 Å². The molecule has 0 saturated heterocycles. The Kier molecular flexibility index (Phi) is 5.17. The summed E-state index contributed by atoms with van der Waals surface area (Å²) in [4.78, 5) is 31.2. The van der Waals surface area contributed by atoms with Crippen molar-refractivity contribution in [1.82, 2.24) is 9.88 Å². The first kappa shape index (κ1) is 20.8. The van der Waals surface area contributed by atoms with Gasteiger partial charge in [-0.3, -0.25) is 4.79 Å². The summed E-state index contributed by atoms with van der Waals surface area (Å²) < 4.78 is 18.9. The van der Waals surface area contributed by atoms with Crippen molar-refractivity contribution in [3.63, 3.8) is 0 Å². The SMILES string of the molecule is CC(C)OC(=O)C1=CN(C(=O)c2ccc(F)cc2)CC(C)(C)c2c1[nH]c1ccccc21. The minimum absolute atomic E-state index is 0.293. The van der Waals surface area contributed by atoms with E-state index in [9.17, 15) is 14.0 Å². The van der Waals surface area contributed by atoms with Gasteiger partial charge in [0.15, 0.2) is 0 Å². The average molecular weight is 420 g/mol. The summed E-state index contributed by atoms with van der Waals surface area (Å²) in [5.41, 5.74) is 2.71. The number of carbonyl (C=O) groups is 2. The number of benzene rings is 2. The standard InChI is InChI=1S/C25H25FN2O3/c1-15(2)31-24(30)19-13-28(23(29)16-9-11-17(26)12-10-16)14-25(3,4)21-18-7-5-6-8-20(18)27-22(19)21/h5-13,15,27H,14H2,1-4H3. The Morgan fingerprint density at radius 2 is 1.77 bits per heavy atom. The van der Waals surface area contributed by atoms with Crippen LogP contribution in [0.15, 0.2) is 54.7 Å². The molecule has 2 aromatic carbocycles. The van der Waals surface area contributed by atoms with Crippen molar-refractivity contribution in [3.8, 4) is 0 Å². The predicted octanol–water partition coefficient (Wildman–Crippen LogP) is 5.03. The number of nitrogens with one attached hydrogen (secondary N) is 1. The highest BCUT2D eigenvalue weighted by molar-refractivity contribution is 6.18. The predicted molar refractivity (Wildman–Crippen MR) is 118 cm³/mol. The van der Waals surface area contributed by atoms with Crippen LogP contribution in [0.25, 0.3) is 16.5 Å². The number of hydrogen-bond acceptors (Lipinski definition) is 3. The maximum atomic E-state index is 13.4. The van der Waals surface area contributed by atoms with Crippen molar-refractivity contribution in [1.29, 1.82) is 0 Å². The van der Waals surface area contributed by atoms with Gasteiger partial charge in [-0.25, -0.2) is 9.18 Å². The highest BCUT2D eigenvalue weighted by Gasteiger charge is 2.37. The zero-order valence-corrected chi connectivity index (χ0v) is 18.0. The Labute approximate surface area is 180 Å². The number of aromatic nitrogens is 1. The van der Waals surface area contributed by atoms with Gasteiger partial charge in [-0.15, -0.1) is 0 Å². The number of ether oxygens (including phenoxy) is 1. The molecule has 1 N–H and O–H groups in total. The van der Waals surface area contributed by atoms with Crippen molar-refractivity contribution < 1.29 is 18.7 Å². The van der Waals surface area contributed by atoms with Gasteiger partial charge in [0.25, 0.3) is 5.91 Å². The van der Waals surface area contributed by atoms with Crippen LogP contribution in [0.1, 0.15) is 49.3 Å². The second kappa shape index (κ2) is 7.69. The Morgan fingerprint density at radius 3 is 2.45 bits per heavy atom. The maximum absolute atomic E-state index is 13.4. The van der Waals surface area contributed by atoms with E-state index in [1.165, 1.54) is 29.2 Å². The number of esters is 1. The molecule has 1 aromatic heterocycles. The van der Waals surface area contributed by atoms with Gasteiger partial charge in [-0.05, 0) is 49.7 Å². The Morgan fingerprint density at radius 1 is 1.10 bits per heavy atom. The molecule has 0 atom stereocenters. The van der Waals surface area contributed by atoms with Gasteiger partial charge in [0.05, 0.1) is 17.4 Å². The van der Waals surface area contributed by atoms with Gasteiger partial charge >= 0.3 is 5.97 Å². The van der Waals surface area contributed by atoms with Crippen LogP contribution in [0.2, 0.25) is 0 Å². The minimum atomic E-state index is -0.502. The molecule has 5 nitrogen and oxygen atoms in total. The normalized spacial score (nSPS) is 15.4. The summed E-state index contributed by atoms with van der Waals surface area (Å²) in [7, 11) is 0. The van der Waals surface area contributed by atoms with E-state index in [0.29, 0.717) is 23.4 Å². The number of nitrogens with zero attached hydrogens (tertiary/aromatic N) is 1. The molecule has 1 amide bonds. The highest BCUT2D eigenvalue weighted by atomic mass is 19.1. The molecule has 0 bridgehead atoms. The van der Waals surface area contributed by atoms with Gasteiger partial charge < -0.3 is 14.6 Å². The van der Waals surface area contributed by atoms with E-state index in [4.69, 9.17) is 4.74 Å². The van der Waals surface area contributed by atoms with Crippen LogP contribution in [0.3, 0.4) is 0 Å². The molecule has 6 heteroatoms. The second-order valence-electron chi connectivity index (χ2n) is 8.74. The fourth-order valence-electron chi connectivity index (χ4n) is 4.14. The molecule has 160 valence electrons. The molecule has 1 aliphatic heterocycles. The zero-order chi connectivity index (χ0) is 22.3. The van der Waals surface area contributed by atoms with Gasteiger partial charge in [-0.1, -0.05) is 32.0 Å². The van der Waals surface area contributed by atoms with Crippen molar-refractivity contribution in [3.05, 3.63) is 77.4 Å². The summed E-state index contributed by atoms with van der Waals surface area (Å²) in [5, 5.41) is 1.00. The lowest BCUT2D eigenvalue weighted by Gasteiger charge is -2.29. The van der Waals surface area contributed by atoms with Crippen molar-refractivity contribution in [2.24, 2.45) is 0 Å². The molecule has 0 radical (unpaired) electrons. The lowest BCUT2D eigenvalue weighted by atomic mass is 9.81. The summed E-state index contributed by atoms with van der Waals surface area (Å²) in [6.07, 6.45) is 1.25. The molecule has 0 saturated carbocycles. The minimum Gasteiger partial charge on any atom is -0.459 e. The Balaban J connectivity index is 1.89. The van der Waals surface area contributed by atoms with E-state index in [-0.39, 0.29) is 12.0 Å². The number of fused-ring (bicyclic) bond motifs is 3. The molecular formula is C25H25FN2O3. The number of carbonyl (C=O) groups excluding carboxylic acids is 2. The molecule has 0 unspecified atom stereocenters. The third-order valence-corrected chi connectivity index (χ3v) is 5.42. The summed E-state index contributed by atoms with van der Waals surface area (Å²) in [6.45, 7) is 8.00. The van der Waals surface area contributed by atoms with E-state index in [1.54, 1.807) is 20.0 Å². The topological polar surface area (TPSA) is 62.4 Å². The van der Waals surface area contributed by atoms with E-state index >= 15 is 0 Å². The first-order valence-electron chi connectivity index (χ1n) is 10.3. The van der Waals surface area contributed by atoms with Crippen LogP contribution in [0, 0.1) is 5.82 Å². The number of halogens is 1. The highest BCUT2D eigenvalue weighted by Crippen LogP contribution is 2.40. The smallest absolute Gasteiger partial charge is 0.342 e. The number of hydrogen-bond donors (Lipinski definition) is 1. The molecule has 3 aromatic rings. The van der Waals surface area contributed by atoms with Crippen molar-refractivity contribution in [2.75, 3.05) is 6.54 Å². The number of amides is 1. The van der Waals surface area contributed by atoms with E-state index in [1.807, 2.05) is 38.1 Å². The van der Waals surface area contributed by atoms with Crippen molar-refractivity contribution in [2.45, 2.75) is 39.2 Å². The first-order valence-corrected chi connectivity index (χ1v) is 10.3. The Bertz CT molecular complexity index is 1190. The quantitative estimate of drug-likeness (QED) is 0.605. The maximum Gasteiger partial charge on any atom is 0.342 e. The molecule has 0 spiro atoms. The number of rotatable bonds is 3. The molecule has 31 heavy (non-hydrogen) atoms. The van der Waals surface area contributed by atoms with Gasteiger partial charge in [0, 0.05) is 34.6 Å². The summed E-state index contributed by atoms with van der Waals surface area (Å²) >= 11 is 0. The lowest BCUT2D eigenvalue weighted by molar-refractivity contribution is -0.140. The molecule has 2 heterocycles. The third-order valence-electron chi connectivity index (χ3n) is 5.42. The average Bonchev–Trinajstić information content (AvgIpc) is 3.05. The molecule has 1 aliphatic rings. The van der Waals surface area contributed by atoms with Crippen LogP contribution in [-0.2, 0) is 14.9 Å².